The molecule has 5 heteroatoms. The summed E-state index contributed by atoms with van der Waals surface area (Å²) in [6.45, 7) is 10.7. The van der Waals surface area contributed by atoms with E-state index >= 15 is 0 Å². The van der Waals surface area contributed by atoms with Crippen molar-refractivity contribution in [1.29, 1.82) is 0 Å². The molecule has 114 valence electrons. The zero-order chi connectivity index (χ0) is 14.5. The third kappa shape index (κ3) is 5.40. The van der Waals surface area contributed by atoms with E-state index in [9.17, 15) is 8.42 Å². The highest BCUT2D eigenvalue weighted by Gasteiger charge is 2.31. The predicted octanol–water partition coefficient (Wildman–Crippen LogP) is 2.07. The smallest absolute Gasteiger partial charge is 0.214 e. The lowest BCUT2D eigenvalue weighted by molar-refractivity contribution is 0.223. The number of hydrogen-bond donors (Lipinski definition) is 1. The minimum absolute atomic E-state index is 0.195. The standard InChI is InChI=1S/C14H30N2O2S/c1-5-8-15-13(4)14-7-6-9-16(10-14)19(17,18)11-12(2)3/h12-15H,5-11H2,1-4H3. The minimum Gasteiger partial charge on any atom is -0.314 e. The van der Waals surface area contributed by atoms with Gasteiger partial charge in [-0.1, -0.05) is 20.8 Å². The molecule has 4 nitrogen and oxygen atoms in total. The lowest BCUT2D eigenvalue weighted by Gasteiger charge is -2.35. The van der Waals surface area contributed by atoms with Crippen LogP contribution in [0.1, 0.15) is 47.0 Å². The molecule has 0 radical (unpaired) electrons. The van der Waals surface area contributed by atoms with Gasteiger partial charge in [-0.15, -0.1) is 0 Å². The fourth-order valence-corrected chi connectivity index (χ4v) is 4.58. The summed E-state index contributed by atoms with van der Waals surface area (Å²) in [5.74, 6) is 0.916. The molecule has 0 amide bonds. The van der Waals surface area contributed by atoms with Gasteiger partial charge in [-0.25, -0.2) is 12.7 Å². The summed E-state index contributed by atoms with van der Waals surface area (Å²) < 4.78 is 26.3. The zero-order valence-corrected chi connectivity index (χ0v) is 13.7. The van der Waals surface area contributed by atoms with Gasteiger partial charge in [0, 0.05) is 19.1 Å². The van der Waals surface area contributed by atoms with Crippen molar-refractivity contribution in [2.45, 2.75) is 53.0 Å². The summed E-state index contributed by atoms with van der Waals surface area (Å²) in [5, 5.41) is 3.49. The number of hydrogen-bond acceptors (Lipinski definition) is 3. The normalized spacial score (nSPS) is 23.7. The summed E-state index contributed by atoms with van der Waals surface area (Å²) in [6, 6.07) is 0.400. The molecule has 1 saturated heterocycles. The monoisotopic (exact) mass is 290 g/mol. The molecular formula is C14H30N2O2S. The quantitative estimate of drug-likeness (QED) is 0.781. The first kappa shape index (κ1) is 16.9. The van der Waals surface area contributed by atoms with Crippen LogP contribution in [-0.4, -0.2) is 44.2 Å². The van der Waals surface area contributed by atoms with Crippen molar-refractivity contribution in [1.82, 2.24) is 9.62 Å². The highest BCUT2D eigenvalue weighted by atomic mass is 32.2. The molecule has 2 atom stereocenters. The first-order valence-corrected chi connectivity index (χ1v) is 9.19. The molecule has 0 aromatic rings. The average Bonchev–Trinajstić information content (AvgIpc) is 2.34. The molecule has 1 N–H and O–H groups in total. The Morgan fingerprint density at radius 1 is 1.32 bits per heavy atom. The molecule has 0 bridgehead atoms. The Bertz CT molecular complexity index is 354. The van der Waals surface area contributed by atoms with Gasteiger partial charge in [-0.2, -0.15) is 0 Å². The second-order valence-electron chi connectivity index (χ2n) is 6.18. The fourth-order valence-electron chi connectivity index (χ4n) is 2.70. The first-order chi connectivity index (χ1) is 8.86. The van der Waals surface area contributed by atoms with Crippen LogP contribution in [0.4, 0.5) is 0 Å². The van der Waals surface area contributed by atoms with E-state index in [1.165, 1.54) is 0 Å². The molecule has 0 spiro atoms. The first-order valence-electron chi connectivity index (χ1n) is 7.58. The maximum atomic E-state index is 12.3. The number of nitrogens with zero attached hydrogens (tertiary/aromatic N) is 1. The summed E-state index contributed by atoms with van der Waals surface area (Å²) in [6.07, 6.45) is 3.23. The van der Waals surface area contributed by atoms with E-state index in [4.69, 9.17) is 0 Å². The van der Waals surface area contributed by atoms with E-state index in [2.05, 4.69) is 19.2 Å². The van der Waals surface area contributed by atoms with Crippen LogP contribution < -0.4 is 5.32 Å². The SMILES string of the molecule is CCCNC(C)C1CCCN(S(=O)(=O)CC(C)C)C1. The lowest BCUT2D eigenvalue weighted by atomic mass is 9.93. The Kier molecular flexibility index (Phi) is 6.77. The van der Waals surface area contributed by atoms with Crippen LogP contribution in [0, 0.1) is 11.8 Å². The van der Waals surface area contributed by atoms with E-state index in [0.29, 0.717) is 25.0 Å². The lowest BCUT2D eigenvalue weighted by Crippen LogP contribution is -2.47. The molecule has 1 aliphatic heterocycles. The number of rotatable bonds is 7. The summed E-state index contributed by atoms with van der Waals surface area (Å²) in [7, 11) is -3.06. The van der Waals surface area contributed by atoms with Crippen LogP contribution in [0.5, 0.6) is 0 Å². The Morgan fingerprint density at radius 2 is 2.00 bits per heavy atom. The van der Waals surface area contributed by atoms with Crippen LogP contribution >= 0.6 is 0 Å². The van der Waals surface area contributed by atoms with E-state index in [0.717, 1.165) is 25.8 Å². The molecule has 2 unspecified atom stereocenters. The van der Waals surface area contributed by atoms with Crippen LogP contribution in [0.2, 0.25) is 0 Å². The largest absolute Gasteiger partial charge is 0.314 e. The van der Waals surface area contributed by atoms with Crippen LogP contribution in [0.15, 0.2) is 0 Å². The van der Waals surface area contributed by atoms with E-state index in [1.54, 1.807) is 4.31 Å². The van der Waals surface area contributed by atoms with Gasteiger partial charge < -0.3 is 5.32 Å². The van der Waals surface area contributed by atoms with Crippen molar-refractivity contribution in [3.05, 3.63) is 0 Å². The average molecular weight is 290 g/mol. The van der Waals surface area contributed by atoms with Gasteiger partial charge in [0.15, 0.2) is 0 Å². The van der Waals surface area contributed by atoms with Crippen molar-refractivity contribution in [3.8, 4) is 0 Å². The van der Waals surface area contributed by atoms with E-state index < -0.39 is 10.0 Å². The minimum atomic E-state index is -3.06. The van der Waals surface area contributed by atoms with Crippen molar-refractivity contribution < 1.29 is 8.42 Å². The van der Waals surface area contributed by atoms with Gasteiger partial charge in [0.05, 0.1) is 5.75 Å². The second kappa shape index (κ2) is 7.60. The van der Waals surface area contributed by atoms with Gasteiger partial charge in [0.2, 0.25) is 10.0 Å². The topological polar surface area (TPSA) is 49.4 Å². The van der Waals surface area contributed by atoms with E-state index in [-0.39, 0.29) is 11.7 Å². The third-order valence-electron chi connectivity index (χ3n) is 3.78. The number of nitrogens with one attached hydrogen (secondary N) is 1. The molecule has 1 heterocycles. The summed E-state index contributed by atoms with van der Waals surface area (Å²) in [5.41, 5.74) is 0. The molecule has 19 heavy (non-hydrogen) atoms. The summed E-state index contributed by atoms with van der Waals surface area (Å²) in [4.78, 5) is 0. The van der Waals surface area contributed by atoms with Crippen molar-refractivity contribution in [2.75, 3.05) is 25.4 Å². The Morgan fingerprint density at radius 3 is 2.58 bits per heavy atom. The Labute approximate surface area is 119 Å². The number of sulfonamides is 1. The predicted molar refractivity (Wildman–Crippen MR) is 80.7 cm³/mol. The van der Waals surface area contributed by atoms with Gasteiger partial charge in [-0.05, 0) is 44.6 Å². The number of piperidine rings is 1. The van der Waals surface area contributed by atoms with Gasteiger partial charge >= 0.3 is 0 Å². The second-order valence-corrected chi connectivity index (χ2v) is 8.19. The van der Waals surface area contributed by atoms with Crippen LogP contribution in [0.25, 0.3) is 0 Å². The maximum Gasteiger partial charge on any atom is 0.214 e. The van der Waals surface area contributed by atoms with Crippen LogP contribution in [-0.2, 0) is 10.0 Å². The molecule has 1 rings (SSSR count). The van der Waals surface area contributed by atoms with Gasteiger partial charge in [0.1, 0.15) is 0 Å². The highest BCUT2D eigenvalue weighted by Crippen LogP contribution is 2.23. The van der Waals surface area contributed by atoms with Crippen molar-refractivity contribution in [3.63, 3.8) is 0 Å². The van der Waals surface area contributed by atoms with Crippen LogP contribution in [0.3, 0.4) is 0 Å². The molecule has 0 saturated carbocycles. The van der Waals surface area contributed by atoms with Gasteiger partial charge in [0.25, 0.3) is 0 Å². The molecule has 1 fully saturated rings. The summed E-state index contributed by atoms with van der Waals surface area (Å²) >= 11 is 0. The third-order valence-corrected chi connectivity index (χ3v) is 5.99. The van der Waals surface area contributed by atoms with E-state index in [1.807, 2.05) is 13.8 Å². The molecule has 1 aliphatic rings. The van der Waals surface area contributed by atoms with Crippen molar-refractivity contribution in [2.24, 2.45) is 11.8 Å². The zero-order valence-electron chi connectivity index (χ0n) is 12.9. The fraction of sp³-hybridized carbons (Fsp3) is 1.00. The molecule has 0 aliphatic carbocycles. The Balaban J connectivity index is 2.59. The van der Waals surface area contributed by atoms with Gasteiger partial charge in [-0.3, -0.25) is 0 Å². The Hall–Kier alpha value is -0.130. The molecular weight excluding hydrogens is 260 g/mol. The molecule has 0 aromatic carbocycles. The maximum absolute atomic E-state index is 12.3. The highest BCUT2D eigenvalue weighted by molar-refractivity contribution is 7.89. The molecule has 0 aromatic heterocycles. The van der Waals surface area contributed by atoms with Crippen molar-refractivity contribution >= 4 is 10.0 Å².